The predicted molar refractivity (Wildman–Crippen MR) is 126 cm³/mol. The minimum atomic E-state index is -0.693. The van der Waals surface area contributed by atoms with Gasteiger partial charge in [-0.3, -0.25) is 4.79 Å². The molecule has 0 unspecified atom stereocenters. The number of piperidine rings is 1. The lowest BCUT2D eigenvalue weighted by Crippen LogP contribution is -2.40. The molecule has 184 valence electrons. The number of ether oxygens (including phenoxy) is 1. The maximum Gasteiger partial charge on any atom is 0.219 e. The molecule has 1 amide bonds. The fourth-order valence-electron chi connectivity index (χ4n) is 4.57. The molecule has 0 saturated carbocycles. The average molecular weight is 483 g/mol. The summed E-state index contributed by atoms with van der Waals surface area (Å²) in [5.41, 5.74) is 3.15. The maximum atomic E-state index is 14.0. The van der Waals surface area contributed by atoms with Crippen molar-refractivity contribution >= 4 is 11.7 Å². The van der Waals surface area contributed by atoms with Gasteiger partial charge in [-0.1, -0.05) is 0 Å². The summed E-state index contributed by atoms with van der Waals surface area (Å²) in [7, 11) is 0. The van der Waals surface area contributed by atoms with E-state index in [-0.39, 0.29) is 17.8 Å². The van der Waals surface area contributed by atoms with Crippen molar-refractivity contribution in [2.75, 3.05) is 24.5 Å². The van der Waals surface area contributed by atoms with Gasteiger partial charge in [0.2, 0.25) is 5.91 Å². The Labute approximate surface area is 202 Å². The largest absolute Gasteiger partial charge is 0.487 e. The number of imidazole rings is 1. The molecule has 3 aromatic rings. The molecule has 35 heavy (non-hydrogen) atoms. The molecule has 0 radical (unpaired) electrons. The zero-order valence-corrected chi connectivity index (χ0v) is 19.9. The third-order valence-corrected chi connectivity index (χ3v) is 6.61. The molecule has 0 atom stereocenters. The van der Waals surface area contributed by atoms with E-state index in [1.54, 1.807) is 18.2 Å². The van der Waals surface area contributed by atoms with Crippen molar-refractivity contribution in [2.24, 2.45) is 0 Å². The van der Waals surface area contributed by atoms with Crippen LogP contribution in [0.5, 0.6) is 5.75 Å². The third kappa shape index (κ3) is 4.82. The van der Waals surface area contributed by atoms with Crippen LogP contribution in [0, 0.1) is 11.6 Å². The van der Waals surface area contributed by atoms with E-state index in [4.69, 9.17) is 14.7 Å². The number of amides is 1. The van der Waals surface area contributed by atoms with E-state index in [0.29, 0.717) is 51.1 Å². The Hall–Kier alpha value is -3.56. The smallest absolute Gasteiger partial charge is 0.219 e. The molecule has 1 aromatic carbocycles. The van der Waals surface area contributed by atoms with Crippen LogP contribution in [0.4, 0.5) is 14.6 Å². The first kappa shape index (κ1) is 23.2. The van der Waals surface area contributed by atoms with Crippen molar-refractivity contribution in [1.82, 2.24) is 24.4 Å². The molecule has 2 aliphatic rings. The van der Waals surface area contributed by atoms with Gasteiger partial charge >= 0.3 is 0 Å². The molecule has 8 nitrogen and oxygen atoms in total. The van der Waals surface area contributed by atoms with E-state index >= 15 is 0 Å². The van der Waals surface area contributed by atoms with Gasteiger partial charge in [-0.15, -0.1) is 0 Å². The molecule has 4 heterocycles. The van der Waals surface area contributed by atoms with Crippen molar-refractivity contribution < 1.29 is 18.3 Å². The lowest BCUT2D eigenvalue weighted by atomic mass is 10.1. The summed E-state index contributed by atoms with van der Waals surface area (Å²) in [4.78, 5) is 30.4. The number of halogens is 2. The Morgan fingerprint density at radius 3 is 2.63 bits per heavy atom. The van der Waals surface area contributed by atoms with Crippen LogP contribution in [0.15, 0.2) is 30.7 Å². The van der Waals surface area contributed by atoms with Crippen LogP contribution in [0.25, 0.3) is 11.4 Å². The number of aryl methyl sites for hydroxylation is 1. The minimum absolute atomic E-state index is 0.0259. The second kappa shape index (κ2) is 9.59. The van der Waals surface area contributed by atoms with Crippen LogP contribution < -0.4 is 9.64 Å². The number of aromatic nitrogens is 4. The van der Waals surface area contributed by atoms with Gasteiger partial charge in [-0.25, -0.2) is 23.7 Å². The first-order valence-electron chi connectivity index (χ1n) is 12.0. The van der Waals surface area contributed by atoms with Crippen LogP contribution in [0.2, 0.25) is 0 Å². The molecule has 10 heteroatoms. The number of hydrogen-bond donors (Lipinski definition) is 0. The molecule has 0 N–H and O–H groups in total. The van der Waals surface area contributed by atoms with E-state index < -0.39 is 11.6 Å². The minimum Gasteiger partial charge on any atom is -0.487 e. The Morgan fingerprint density at radius 2 is 1.94 bits per heavy atom. The molecule has 1 fully saturated rings. The first-order valence-corrected chi connectivity index (χ1v) is 12.0. The van der Waals surface area contributed by atoms with Gasteiger partial charge < -0.3 is 19.1 Å². The van der Waals surface area contributed by atoms with Crippen LogP contribution in [-0.4, -0.2) is 56.1 Å². The summed E-state index contributed by atoms with van der Waals surface area (Å²) >= 11 is 0. The first-order chi connectivity index (χ1) is 16.9. The molecule has 2 aliphatic heterocycles. The van der Waals surface area contributed by atoms with Crippen molar-refractivity contribution in [3.8, 4) is 17.1 Å². The number of rotatable bonds is 5. The van der Waals surface area contributed by atoms with Gasteiger partial charge in [0.15, 0.2) is 17.4 Å². The van der Waals surface area contributed by atoms with Crippen molar-refractivity contribution in [1.29, 1.82) is 0 Å². The second-order valence-corrected chi connectivity index (χ2v) is 8.95. The fourth-order valence-corrected chi connectivity index (χ4v) is 4.57. The van der Waals surface area contributed by atoms with Gasteiger partial charge in [-0.05, 0) is 19.1 Å². The number of nitrogens with zero attached hydrogens (tertiary/aromatic N) is 6. The van der Waals surface area contributed by atoms with Crippen LogP contribution in [0.3, 0.4) is 0 Å². The van der Waals surface area contributed by atoms with Crippen LogP contribution >= 0.6 is 0 Å². The van der Waals surface area contributed by atoms with Crippen molar-refractivity contribution in [3.63, 3.8) is 0 Å². The summed E-state index contributed by atoms with van der Waals surface area (Å²) in [6, 6.07) is 3.37. The van der Waals surface area contributed by atoms with E-state index in [9.17, 15) is 13.6 Å². The molecule has 0 spiro atoms. The average Bonchev–Trinajstić information content (AvgIpc) is 3.34. The summed E-state index contributed by atoms with van der Waals surface area (Å²) < 4.78 is 35.0. The van der Waals surface area contributed by atoms with Crippen molar-refractivity contribution in [2.45, 2.75) is 52.3 Å². The van der Waals surface area contributed by atoms with Gasteiger partial charge in [0, 0.05) is 64.6 Å². The molecular weight excluding hydrogens is 454 g/mol. The highest BCUT2D eigenvalue weighted by Gasteiger charge is 2.29. The second-order valence-electron chi connectivity index (χ2n) is 8.95. The number of hydrogen-bond acceptors (Lipinski definition) is 6. The lowest BCUT2D eigenvalue weighted by Gasteiger charge is -2.35. The van der Waals surface area contributed by atoms with Crippen molar-refractivity contribution in [3.05, 3.63) is 53.7 Å². The molecule has 0 aliphatic carbocycles. The number of fused-ring (bicyclic) bond motifs is 1. The summed E-state index contributed by atoms with van der Waals surface area (Å²) in [6.45, 7) is 6.79. The summed E-state index contributed by atoms with van der Waals surface area (Å²) in [5.74, 6) is -0.452. The van der Waals surface area contributed by atoms with E-state index in [0.717, 1.165) is 35.5 Å². The molecule has 5 rings (SSSR count). The molecule has 1 saturated heterocycles. The zero-order valence-electron chi connectivity index (χ0n) is 19.9. The SMILES string of the molecule is CCn1cnc(-c2nc3c(nc2N2CCC(Oc4ccc(F)cc4F)CC2)CCN(C(C)=O)C3)c1. The normalized spacial score (nSPS) is 16.3. The molecule has 2 aromatic heterocycles. The van der Waals surface area contributed by atoms with Gasteiger partial charge in [0.25, 0.3) is 0 Å². The van der Waals surface area contributed by atoms with E-state index in [1.807, 2.05) is 17.7 Å². The highest BCUT2D eigenvalue weighted by atomic mass is 19.1. The van der Waals surface area contributed by atoms with Gasteiger partial charge in [0.05, 0.1) is 24.3 Å². The van der Waals surface area contributed by atoms with Crippen LogP contribution in [0.1, 0.15) is 38.1 Å². The topological polar surface area (TPSA) is 76.4 Å². The molecular formula is C25H28F2N6O2. The lowest BCUT2D eigenvalue weighted by molar-refractivity contribution is -0.129. The Morgan fingerprint density at radius 1 is 1.14 bits per heavy atom. The third-order valence-electron chi connectivity index (χ3n) is 6.61. The van der Waals surface area contributed by atoms with Crippen LogP contribution in [-0.2, 0) is 24.3 Å². The van der Waals surface area contributed by atoms with E-state index in [1.165, 1.54) is 12.1 Å². The maximum absolute atomic E-state index is 14.0. The summed E-state index contributed by atoms with van der Waals surface area (Å²) in [6.07, 6.45) is 5.54. The highest BCUT2D eigenvalue weighted by Crippen LogP contribution is 2.32. The number of anilines is 1. The number of carbonyl (C=O) groups excluding carboxylic acids is 1. The fraction of sp³-hybridized carbons (Fsp3) is 0.440. The van der Waals surface area contributed by atoms with Gasteiger partial charge in [-0.2, -0.15) is 0 Å². The van der Waals surface area contributed by atoms with Gasteiger partial charge in [0.1, 0.15) is 23.3 Å². The monoisotopic (exact) mass is 482 g/mol. The predicted octanol–water partition coefficient (Wildman–Crippen LogP) is 3.59. The molecule has 0 bridgehead atoms. The Kier molecular flexibility index (Phi) is 6.36. The quantitative estimate of drug-likeness (QED) is 0.553. The Balaban J connectivity index is 1.39. The standard InChI is InChI=1S/C25H28F2N6O2/c1-3-31-13-22(28-15-31)24-25(30-20-8-11-33(16(2)34)14-21(20)29-24)32-9-6-18(7-10-32)35-23-5-4-17(26)12-19(23)27/h4-5,12-13,15,18H,3,6-11,14H2,1-2H3. The highest BCUT2D eigenvalue weighted by molar-refractivity contribution is 5.74. The Bertz CT molecular complexity index is 1240. The number of benzene rings is 1. The number of carbonyl (C=O) groups is 1. The summed E-state index contributed by atoms with van der Waals surface area (Å²) in [5, 5.41) is 0. The zero-order chi connectivity index (χ0) is 24.5. The van der Waals surface area contributed by atoms with E-state index in [2.05, 4.69) is 9.88 Å².